The molecule has 0 radical (unpaired) electrons. The third-order valence-electron chi connectivity index (χ3n) is 3.10. The Labute approximate surface area is 103 Å². The molecule has 3 nitrogen and oxygen atoms in total. The zero-order valence-corrected chi connectivity index (χ0v) is 10.7. The summed E-state index contributed by atoms with van der Waals surface area (Å²) in [5.74, 6) is 0.0435. The number of nitrogens with one attached hydrogen (secondary N) is 2. The second-order valence-electron chi connectivity index (χ2n) is 5.62. The van der Waals surface area contributed by atoms with Crippen molar-refractivity contribution in [1.82, 2.24) is 10.6 Å². The smallest absolute Gasteiger partial charge is 0.251 e. The molecule has 1 aliphatic rings. The maximum absolute atomic E-state index is 12.2. The zero-order chi connectivity index (χ0) is 12.5. The molecule has 92 valence electrons. The van der Waals surface area contributed by atoms with Crippen molar-refractivity contribution >= 4 is 5.91 Å². The lowest BCUT2D eigenvalue weighted by molar-refractivity contribution is 0.0921. The summed E-state index contributed by atoms with van der Waals surface area (Å²) in [7, 11) is 0. The van der Waals surface area contributed by atoms with Crippen LogP contribution in [0.4, 0.5) is 0 Å². The zero-order valence-electron chi connectivity index (χ0n) is 10.7. The topological polar surface area (TPSA) is 41.1 Å². The highest BCUT2D eigenvalue weighted by Gasteiger charge is 2.24. The number of rotatable bonds is 2. The Morgan fingerprint density at radius 1 is 1.29 bits per heavy atom. The summed E-state index contributed by atoms with van der Waals surface area (Å²) in [6, 6.07) is 8.14. The maximum Gasteiger partial charge on any atom is 0.251 e. The molecule has 1 fully saturated rings. The summed E-state index contributed by atoms with van der Waals surface area (Å²) in [6.07, 6.45) is 0. The molecule has 0 aromatic heterocycles. The lowest BCUT2D eigenvalue weighted by Gasteiger charge is -2.29. The number of amides is 1. The monoisotopic (exact) mass is 232 g/mol. The predicted molar refractivity (Wildman–Crippen MR) is 69.3 cm³/mol. The summed E-state index contributed by atoms with van der Waals surface area (Å²) in [4.78, 5) is 12.2. The average Bonchev–Trinajstić information content (AvgIpc) is 2.22. The first-order valence-corrected chi connectivity index (χ1v) is 6.09. The van der Waals surface area contributed by atoms with Gasteiger partial charge in [-0.15, -0.1) is 0 Å². The van der Waals surface area contributed by atoms with Crippen molar-refractivity contribution in [2.24, 2.45) is 0 Å². The first kappa shape index (κ1) is 12.1. The van der Waals surface area contributed by atoms with Crippen molar-refractivity contribution in [3.05, 3.63) is 35.4 Å². The van der Waals surface area contributed by atoms with Gasteiger partial charge in [-0.1, -0.05) is 39.0 Å². The van der Waals surface area contributed by atoms with Crippen LogP contribution in [0.5, 0.6) is 0 Å². The molecule has 0 unspecified atom stereocenters. The van der Waals surface area contributed by atoms with Gasteiger partial charge in [0.15, 0.2) is 0 Å². The molecular weight excluding hydrogens is 212 g/mol. The molecule has 1 heterocycles. The molecule has 0 spiro atoms. The lowest BCUT2D eigenvalue weighted by Crippen LogP contribution is -2.57. The van der Waals surface area contributed by atoms with Crippen LogP contribution in [0, 0.1) is 0 Å². The van der Waals surface area contributed by atoms with Crippen LogP contribution in [-0.2, 0) is 5.41 Å². The Balaban J connectivity index is 2.21. The second-order valence-corrected chi connectivity index (χ2v) is 5.62. The van der Waals surface area contributed by atoms with Crippen LogP contribution in [0.15, 0.2) is 24.3 Å². The number of hydrogen-bond acceptors (Lipinski definition) is 2. The molecule has 1 aliphatic heterocycles. The van der Waals surface area contributed by atoms with Gasteiger partial charge >= 0.3 is 0 Å². The van der Waals surface area contributed by atoms with Gasteiger partial charge in [-0.2, -0.15) is 0 Å². The third-order valence-corrected chi connectivity index (χ3v) is 3.10. The van der Waals surface area contributed by atoms with Crippen LogP contribution < -0.4 is 10.6 Å². The van der Waals surface area contributed by atoms with E-state index in [1.54, 1.807) is 0 Å². The van der Waals surface area contributed by atoms with Gasteiger partial charge in [-0.05, 0) is 17.0 Å². The highest BCUT2D eigenvalue weighted by atomic mass is 16.1. The first-order valence-electron chi connectivity index (χ1n) is 6.09. The van der Waals surface area contributed by atoms with Crippen molar-refractivity contribution in [3.8, 4) is 0 Å². The fraction of sp³-hybridized carbons (Fsp3) is 0.500. The Morgan fingerprint density at radius 2 is 1.94 bits per heavy atom. The van der Waals surface area contributed by atoms with Gasteiger partial charge < -0.3 is 10.6 Å². The fourth-order valence-corrected chi connectivity index (χ4v) is 1.99. The molecule has 0 bridgehead atoms. The Morgan fingerprint density at radius 3 is 2.47 bits per heavy atom. The van der Waals surface area contributed by atoms with E-state index >= 15 is 0 Å². The molecule has 2 rings (SSSR count). The molecule has 3 heteroatoms. The van der Waals surface area contributed by atoms with Crippen molar-refractivity contribution in [3.63, 3.8) is 0 Å². The Kier molecular flexibility index (Phi) is 3.20. The van der Waals surface area contributed by atoms with E-state index in [0.717, 1.165) is 24.2 Å². The van der Waals surface area contributed by atoms with E-state index in [2.05, 4.69) is 31.4 Å². The molecule has 1 aromatic carbocycles. The molecule has 1 amide bonds. The van der Waals surface area contributed by atoms with Gasteiger partial charge in [0.1, 0.15) is 0 Å². The van der Waals surface area contributed by atoms with E-state index in [1.807, 2.05) is 24.3 Å². The lowest BCUT2D eigenvalue weighted by atomic mass is 9.83. The molecular formula is C14H20N2O. The molecule has 0 saturated carbocycles. The minimum Gasteiger partial charge on any atom is -0.347 e. The van der Waals surface area contributed by atoms with Crippen molar-refractivity contribution in [2.45, 2.75) is 32.2 Å². The predicted octanol–water partition coefficient (Wildman–Crippen LogP) is 1.69. The van der Waals surface area contributed by atoms with E-state index in [1.165, 1.54) is 0 Å². The van der Waals surface area contributed by atoms with Crippen LogP contribution in [0.1, 0.15) is 36.7 Å². The quantitative estimate of drug-likeness (QED) is 0.814. The van der Waals surface area contributed by atoms with Crippen LogP contribution in [0.2, 0.25) is 0 Å². The molecule has 2 N–H and O–H groups in total. The molecule has 17 heavy (non-hydrogen) atoms. The number of carbonyl (C=O) groups is 1. The normalized spacial score (nSPS) is 16.4. The Hall–Kier alpha value is -1.35. The van der Waals surface area contributed by atoms with Crippen molar-refractivity contribution in [2.75, 3.05) is 13.1 Å². The van der Waals surface area contributed by atoms with E-state index in [-0.39, 0.29) is 17.4 Å². The van der Waals surface area contributed by atoms with Crippen molar-refractivity contribution in [1.29, 1.82) is 0 Å². The summed E-state index contributed by atoms with van der Waals surface area (Å²) in [6.45, 7) is 8.14. The Bertz CT molecular complexity index is 416. The van der Waals surface area contributed by atoms with E-state index in [4.69, 9.17) is 0 Å². The van der Waals surface area contributed by atoms with E-state index in [9.17, 15) is 4.79 Å². The molecule has 0 atom stereocenters. The van der Waals surface area contributed by atoms with Crippen LogP contribution in [0.3, 0.4) is 0 Å². The van der Waals surface area contributed by atoms with Gasteiger partial charge in [-0.3, -0.25) is 4.79 Å². The molecule has 0 aliphatic carbocycles. The van der Waals surface area contributed by atoms with Gasteiger partial charge in [0.05, 0.1) is 6.04 Å². The maximum atomic E-state index is 12.2. The first-order chi connectivity index (χ1) is 7.98. The highest BCUT2D eigenvalue weighted by molar-refractivity contribution is 5.96. The summed E-state index contributed by atoms with van der Waals surface area (Å²) in [5, 5.41) is 6.19. The fourth-order valence-electron chi connectivity index (χ4n) is 1.99. The average molecular weight is 232 g/mol. The standard InChI is InChI=1S/C14H20N2O/c1-14(2,3)12-7-5-4-6-11(12)13(17)16-10-8-15-9-10/h4-7,10,15H,8-9H2,1-3H3,(H,16,17). The van der Waals surface area contributed by atoms with E-state index < -0.39 is 0 Å². The largest absolute Gasteiger partial charge is 0.347 e. The van der Waals surface area contributed by atoms with Crippen LogP contribution in [0.25, 0.3) is 0 Å². The van der Waals surface area contributed by atoms with Crippen LogP contribution >= 0.6 is 0 Å². The molecule has 1 aromatic rings. The summed E-state index contributed by atoms with van der Waals surface area (Å²) >= 11 is 0. The van der Waals surface area contributed by atoms with Crippen LogP contribution in [-0.4, -0.2) is 25.0 Å². The summed E-state index contributed by atoms with van der Waals surface area (Å²) in [5.41, 5.74) is 1.89. The SMILES string of the molecule is CC(C)(C)c1ccccc1C(=O)NC1CNC1. The minimum atomic E-state index is -0.00814. The van der Waals surface area contributed by atoms with Gasteiger partial charge in [0, 0.05) is 18.7 Å². The molecule has 1 saturated heterocycles. The van der Waals surface area contributed by atoms with Gasteiger partial charge in [-0.25, -0.2) is 0 Å². The van der Waals surface area contributed by atoms with Crippen molar-refractivity contribution < 1.29 is 4.79 Å². The van der Waals surface area contributed by atoms with Gasteiger partial charge in [0.25, 0.3) is 5.91 Å². The highest BCUT2D eigenvalue weighted by Crippen LogP contribution is 2.25. The number of carbonyl (C=O) groups excluding carboxylic acids is 1. The second kappa shape index (κ2) is 4.49. The summed E-state index contributed by atoms with van der Waals surface area (Å²) < 4.78 is 0. The number of hydrogen-bond donors (Lipinski definition) is 2. The van der Waals surface area contributed by atoms with E-state index in [0.29, 0.717) is 0 Å². The number of benzene rings is 1. The third kappa shape index (κ3) is 2.67. The minimum absolute atomic E-state index is 0.00814. The van der Waals surface area contributed by atoms with Gasteiger partial charge in [0.2, 0.25) is 0 Å².